The Morgan fingerprint density at radius 3 is 2.50 bits per heavy atom. The van der Waals surface area contributed by atoms with Crippen LogP contribution >= 0.6 is 0 Å². The molecule has 1 aromatic heterocycles. The second kappa shape index (κ2) is 6.08. The van der Waals surface area contributed by atoms with Crippen molar-refractivity contribution in [3.8, 4) is 11.1 Å². The minimum Gasteiger partial charge on any atom is -0.392 e. The Labute approximate surface area is 160 Å². The summed E-state index contributed by atoms with van der Waals surface area (Å²) in [5, 5.41) is 2.47. The third-order valence-electron chi connectivity index (χ3n) is 4.17. The van der Waals surface area contributed by atoms with Crippen LogP contribution in [0.15, 0.2) is 60.7 Å². The van der Waals surface area contributed by atoms with Gasteiger partial charge in [-0.05, 0) is 24.0 Å². The summed E-state index contributed by atoms with van der Waals surface area (Å²) >= 11 is 0. The molecule has 0 amide bonds. The Morgan fingerprint density at radius 1 is 0.864 bits per heavy atom. The van der Waals surface area contributed by atoms with Crippen molar-refractivity contribution in [3.63, 3.8) is 0 Å². The van der Waals surface area contributed by atoms with Crippen molar-refractivity contribution in [2.24, 2.45) is 7.05 Å². The van der Waals surface area contributed by atoms with Gasteiger partial charge in [0.25, 0.3) is 0 Å². The van der Waals surface area contributed by atoms with Gasteiger partial charge in [0.1, 0.15) is 0 Å². The van der Waals surface area contributed by atoms with Gasteiger partial charge in [0, 0.05) is 44.8 Å². The van der Waals surface area contributed by atoms with Crippen LogP contribution in [0.5, 0.6) is 0 Å². The molecule has 2 heteroatoms. The van der Waals surface area contributed by atoms with E-state index in [0.717, 1.165) is 0 Å². The predicted octanol–water partition coefficient (Wildman–Crippen LogP) is 5.11. The van der Waals surface area contributed by atoms with Gasteiger partial charge in [0.05, 0.1) is 0 Å². The number of hydrogen-bond donors (Lipinski definition) is 0. The summed E-state index contributed by atoms with van der Waals surface area (Å²) in [4.78, 5) is 0. The topological polar surface area (TPSA) is 4.93 Å². The molecule has 1 heterocycles. The number of para-hydroxylation sites is 1. The third kappa shape index (κ3) is 2.48. The van der Waals surface area contributed by atoms with Crippen LogP contribution in [-0.4, -0.2) is 4.57 Å². The third-order valence-corrected chi connectivity index (χ3v) is 4.17. The fourth-order valence-electron chi connectivity index (χ4n) is 3.06. The monoisotopic (exact) mass is 435 g/mol. The Morgan fingerprint density at radius 2 is 1.68 bits per heavy atom. The van der Waals surface area contributed by atoms with Gasteiger partial charge in [0.2, 0.25) is 0 Å². The van der Waals surface area contributed by atoms with Crippen molar-refractivity contribution in [1.29, 1.82) is 0 Å². The van der Waals surface area contributed by atoms with E-state index in [1.165, 1.54) is 38.5 Å². The zero-order valence-corrected chi connectivity index (χ0v) is 14.5. The van der Waals surface area contributed by atoms with Crippen molar-refractivity contribution in [2.75, 3.05) is 0 Å². The molecule has 3 aromatic carbocycles. The van der Waals surface area contributed by atoms with E-state index in [9.17, 15) is 0 Å². The first-order valence-electron chi connectivity index (χ1n) is 7.20. The zero-order valence-electron chi connectivity index (χ0n) is 12.5. The molecule has 0 unspecified atom stereocenters. The van der Waals surface area contributed by atoms with E-state index in [1.807, 2.05) is 0 Å². The molecule has 0 aliphatic heterocycles. The molecule has 0 spiro atoms. The summed E-state index contributed by atoms with van der Waals surface area (Å²) in [5.74, 6) is 0. The summed E-state index contributed by atoms with van der Waals surface area (Å²) in [7, 11) is 2.12. The number of aromatic nitrogens is 1. The normalized spacial score (nSPS) is 10.8. The molecule has 0 saturated carbocycles. The fourth-order valence-corrected chi connectivity index (χ4v) is 3.06. The first-order chi connectivity index (χ1) is 10.2. The quantitative estimate of drug-likeness (QED) is 0.290. The van der Waals surface area contributed by atoms with E-state index in [4.69, 9.17) is 0 Å². The molecule has 0 aliphatic rings. The molecule has 4 aromatic rings. The summed E-state index contributed by atoms with van der Waals surface area (Å²) in [6, 6.07) is 25.0. The molecule has 0 aliphatic carbocycles. The Balaban J connectivity index is 0.00000144. The zero-order chi connectivity index (χ0) is 14.4. The van der Waals surface area contributed by atoms with Crippen LogP contribution < -0.4 is 0 Å². The smallest absolute Gasteiger partial charge is 0.00119 e. The van der Waals surface area contributed by atoms with Crippen molar-refractivity contribution >= 4 is 21.8 Å². The van der Waals surface area contributed by atoms with E-state index in [2.05, 4.69) is 85.3 Å². The molecular weight excluding hydrogens is 419 g/mol. The van der Waals surface area contributed by atoms with Gasteiger partial charge in [-0.1, -0.05) is 64.5 Å². The minimum absolute atomic E-state index is 0. The van der Waals surface area contributed by atoms with Gasteiger partial charge in [-0.3, -0.25) is 0 Å². The van der Waals surface area contributed by atoms with E-state index >= 15 is 0 Å². The van der Waals surface area contributed by atoms with Crippen molar-refractivity contribution in [1.82, 2.24) is 4.57 Å². The van der Waals surface area contributed by atoms with Crippen molar-refractivity contribution < 1.29 is 37.7 Å². The average Bonchev–Trinajstić information content (AvgIpc) is 2.81. The van der Waals surface area contributed by atoms with E-state index < -0.39 is 0 Å². The second-order valence-corrected chi connectivity index (χ2v) is 5.59. The fraction of sp³-hybridized carbons (Fsp3) is 0.100. The van der Waals surface area contributed by atoms with E-state index in [1.54, 1.807) is 0 Å². The molecule has 0 N–H and O–H groups in total. The number of rotatable bonds is 1. The van der Waals surface area contributed by atoms with Crippen molar-refractivity contribution in [2.45, 2.75) is 6.92 Å². The maximum absolute atomic E-state index is 3.48. The number of fused-ring (bicyclic) bond motifs is 3. The standard InChI is InChI=1S/C20H16N.Ho/c1-14-6-5-7-15(12-14)16-10-11-18-17-8-3-4-9-19(17)21(2)20(18)13-16;/h3-10,12-13H,1-2H3;/q-1;. The summed E-state index contributed by atoms with van der Waals surface area (Å²) in [6.45, 7) is 2.13. The van der Waals surface area contributed by atoms with E-state index in [-0.39, 0.29) is 37.7 Å². The van der Waals surface area contributed by atoms with Crippen LogP contribution in [-0.2, 0) is 7.05 Å². The van der Waals surface area contributed by atoms with Crippen molar-refractivity contribution in [3.05, 3.63) is 72.3 Å². The molecule has 0 bridgehead atoms. The van der Waals surface area contributed by atoms with Gasteiger partial charge >= 0.3 is 0 Å². The molecule has 113 valence electrons. The van der Waals surface area contributed by atoms with Gasteiger partial charge < -0.3 is 4.57 Å². The summed E-state index contributed by atoms with van der Waals surface area (Å²) in [6.07, 6.45) is 0. The van der Waals surface area contributed by atoms with Gasteiger partial charge in [-0.2, -0.15) is 0 Å². The maximum Gasteiger partial charge on any atom is 0.00119 e. The Bertz CT molecular complexity index is 966. The Kier molecular flexibility index (Phi) is 4.31. The number of nitrogens with zero attached hydrogens (tertiary/aromatic N) is 1. The number of aryl methyl sites for hydroxylation is 2. The van der Waals surface area contributed by atoms with Crippen LogP contribution in [0.25, 0.3) is 32.9 Å². The predicted molar refractivity (Wildman–Crippen MR) is 89.4 cm³/mol. The van der Waals surface area contributed by atoms with Crippen LogP contribution in [0.2, 0.25) is 0 Å². The molecule has 22 heavy (non-hydrogen) atoms. The van der Waals surface area contributed by atoms with Crippen LogP contribution in [0.1, 0.15) is 5.56 Å². The van der Waals surface area contributed by atoms with Crippen LogP contribution in [0, 0.1) is 50.7 Å². The molecule has 4 rings (SSSR count). The minimum atomic E-state index is 0. The summed E-state index contributed by atoms with van der Waals surface area (Å²) in [5.41, 5.74) is 6.24. The molecule has 0 fully saturated rings. The molecule has 1 radical (unpaired) electrons. The van der Waals surface area contributed by atoms with Gasteiger partial charge in [-0.25, -0.2) is 0 Å². The van der Waals surface area contributed by atoms with Crippen LogP contribution in [0.3, 0.4) is 0 Å². The molecule has 0 saturated heterocycles. The van der Waals surface area contributed by atoms with E-state index in [0.29, 0.717) is 0 Å². The maximum atomic E-state index is 3.48. The molecule has 0 atom stereocenters. The van der Waals surface area contributed by atoms with Gasteiger partial charge in [-0.15, -0.1) is 23.6 Å². The largest absolute Gasteiger partial charge is 0.392 e. The SMILES string of the molecule is Cc1cccc(-c2c[c-]c3c4ccccc4n(C)c3c2)c1.[Ho]. The summed E-state index contributed by atoms with van der Waals surface area (Å²) < 4.78 is 2.25. The number of benzene rings is 3. The Hall–Kier alpha value is -1.28. The first-order valence-corrected chi connectivity index (χ1v) is 7.20. The first kappa shape index (κ1) is 15.6. The second-order valence-electron chi connectivity index (χ2n) is 5.59. The number of hydrogen-bond acceptors (Lipinski definition) is 0. The van der Waals surface area contributed by atoms with Gasteiger partial charge in [0.15, 0.2) is 0 Å². The molecule has 1 nitrogen and oxygen atoms in total. The average molecular weight is 435 g/mol. The molecular formula is C20H16HoN-. The van der Waals surface area contributed by atoms with Crippen LogP contribution in [0.4, 0.5) is 0 Å².